The largest absolute Gasteiger partial charge is 0.494 e. The van der Waals surface area contributed by atoms with Gasteiger partial charge in [0, 0.05) is 5.70 Å². The van der Waals surface area contributed by atoms with Crippen molar-refractivity contribution in [3.05, 3.63) is 41.1 Å². The number of esters is 1. The monoisotopic (exact) mass is 344 g/mol. The van der Waals surface area contributed by atoms with Crippen LogP contribution in [0.1, 0.15) is 51.1 Å². The third kappa shape index (κ3) is 3.95. The molecular weight excluding hydrogens is 320 g/mol. The maximum absolute atomic E-state index is 12.7. The molecule has 0 bridgehead atoms. The van der Waals surface area contributed by atoms with Crippen LogP contribution in [-0.2, 0) is 9.53 Å². The Balaban J connectivity index is 1.84. The Morgan fingerprint density at radius 2 is 1.88 bits per heavy atom. The van der Waals surface area contributed by atoms with Crippen molar-refractivity contribution in [2.75, 3.05) is 6.61 Å². The molecule has 2 N–H and O–H groups in total. The summed E-state index contributed by atoms with van der Waals surface area (Å²) in [7, 11) is 0. The van der Waals surface area contributed by atoms with Crippen LogP contribution >= 0.6 is 0 Å². The average molecular weight is 344 g/mol. The summed E-state index contributed by atoms with van der Waals surface area (Å²) < 4.78 is 11.1. The van der Waals surface area contributed by atoms with E-state index in [4.69, 9.17) is 9.47 Å². The van der Waals surface area contributed by atoms with Gasteiger partial charge in [-0.3, -0.25) is 0 Å². The summed E-state index contributed by atoms with van der Waals surface area (Å²) in [5, 5.41) is 5.49. The summed E-state index contributed by atoms with van der Waals surface area (Å²) in [5.74, 6) is 0.387. The molecule has 0 spiro atoms. The minimum absolute atomic E-state index is 0.0218. The van der Waals surface area contributed by atoms with E-state index < -0.39 is 6.04 Å². The maximum atomic E-state index is 12.7. The Bertz CT molecular complexity index is 675. The number of benzene rings is 1. The highest BCUT2D eigenvalue weighted by molar-refractivity contribution is 5.95. The van der Waals surface area contributed by atoms with Crippen molar-refractivity contribution in [1.82, 2.24) is 10.6 Å². The Labute approximate surface area is 147 Å². The summed E-state index contributed by atoms with van der Waals surface area (Å²) in [4.78, 5) is 24.6. The molecule has 0 unspecified atom stereocenters. The molecule has 1 aliphatic heterocycles. The molecule has 6 heteroatoms. The third-order valence-corrected chi connectivity index (χ3v) is 4.59. The molecule has 3 rings (SSSR count). The summed E-state index contributed by atoms with van der Waals surface area (Å²) >= 11 is 0. The number of hydrogen-bond acceptors (Lipinski definition) is 4. The molecule has 1 fully saturated rings. The van der Waals surface area contributed by atoms with Gasteiger partial charge in [0.05, 0.1) is 18.2 Å². The van der Waals surface area contributed by atoms with E-state index in [0.717, 1.165) is 37.0 Å². The quantitative estimate of drug-likeness (QED) is 0.804. The number of allylic oxidation sites excluding steroid dienone is 1. The molecule has 1 aromatic carbocycles. The van der Waals surface area contributed by atoms with E-state index in [9.17, 15) is 9.59 Å². The number of nitrogens with one attached hydrogen (secondary N) is 2. The van der Waals surface area contributed by atoms with Crippen molar-refractivity contribution in [2.24, 2.45) is 0 Å². The molecule has 0 saturated heterocycles. The Morgan fingerprint density at radius 1 is 1.20 bits per heavy atom. The fourth-order valence-corrected chi connectivity index (χ4v) is 3.36. The summed E-state index contributed by atoms with van der Waals surface area (Å²) in [5.41, 5.74) is 1.80. The summed E-state index contributed by atoms with van der Waals surface area (Å²) in [6.07, 6.45) is 3.98. The van der Waals surface area contributed by atoms with Crippen LogP contribution in [0.15, 0.2) is 35.5 Å². The second-order valence-corrected chi connectivity index (χ2v) is 6.38. The second-order valence-electron chi connectivity index (χ2n) is 6.38. The van der Waals surface area contributed by atoms with Crippen molar-refractivity contribution >= 4 is 12.0 Å². The van der Waals surface area contributed by atoms with Crippen molar-refractivity contribution in [2.45, 2.75) is 51.7 Å². The van der Waals surface area contributed by atoms with Gasteiger partial charge in [-0.2, -0.15) is 0 Å². The SMILES string of the molecule is CCOc1ccc([C@@H]2NC(=O)NC(C)=C2C(=O)OC2CCCC2)cc1. The highest BCUT2D eigenvalue weighted by atomic mass is 16.5. The zero-order chi connectivity index (χ0) is 17.8. The van der Waals surface area contributed by atoms with E-state index in [1.165, 1.54) is 0 Å². The first-order valence-corrected chi connectivity index (χ1v) is 8.80. The standard InChI is InChI=1S/C19H24N2O4/c1-3-24-14-10-8-13(9-11-14)17-16(12(2)20-19(23)21-17)18(22)25-15-6-4-5-7-15/h8-11,15,17H,3-7H2,1-2H3,(H2,20,21,23)/t17-/m0/s1. The van der Waals surface area contributed by atoms with E-state index in [-0.39, 0.29) is 18.1 Å². The van der Waals surface area contributed by atoms with Crippen LogP contribution in [0.4, 0.5) is 4.79 Å². The first-order valence-electron chi connectivity index (χ1n) is 8.80. The van der Waals surface area contributed by atoms with Crippen LogP contribution < -0.4 is 15.4 Å². The van der Waals surface area contributed by atoms with Gasteiger partial charge in [-0.25, -0.2) is 9.59 Å². The predicted octanol–water partition coefficient (Wildman–Crippen LogP) is 3.20. The van der Waals surface area contributed by atoms with Crippen molar-refractivity contribution < 1.29 is 19.1 Å². The van der Waals surface area contributed by atoms with Gasteiger partial charge in [-0.05, 0) is 57.2 Å². The lowest BCUT2D eigenvalue weighted by atomic mass is 9.95. The van der Waals surface area contributed by atoms with Gasteiger partial charge in [0.25, 0.3) is 0 Å². The Kier molecular flexibility index (Phi) is 5.26. The van der Waals surface area contributed by atoms with Gasteiger partial charge < -0.3 is 20.1 Å². The third-order valence-electron chi connectivity index (χ3n) is 4.59. The molecule has 1 heterocycles. The number of rotatable bonds is 5. The smallest absolute Gasteiger partial charge is 0.338 e. The van der Waals surface area contributed by atoms with Gasteiger partial charge in [0.2, 0.25) is 0 Å². The first kappa shape index (κ1) is 17.3. The molecule has 25 heavy (non-hydrogen) atoms. The number of ether oxygens (including phenoxy) is 2. The van der Waals surface area contributed by atoms with Crippen LogP contribution in [0.3, 0.4) is 0 Å². The fraction of sp³-hybridized carbons (Fsp3) is 0.474. The Hall–Kier alpha value is -2.50. The lowest BCUT2D eigenvalue weighted by Gasteiger charge is -2.29. The van der Waals surface area contributed by atoms with Gasteiger partial charge in [0.15, 0.2) is 0 Å². The molecule has 2 amide bonds. The van der Waals surface area contributed by atoms with Crippen molar-refractivity contribution in [1.29, 1.82) is 0 Å². The summed E-state index contributed by atoms with van der Waals surface area (Å²) in [6.45, 7) is 4.23. The number of carbonyl (C=O) groups excluding carboxylic acids is 2. The van der Waals surface area contributed by atoms with Gasteiger partial charge in [0.1, 0.15) is 11.9 Å². The van der Waals surface area contributed by atoms with E-state index in [0.29, 0.717) is 17.9 Å². The highest BCUT2D eigenvalue weighted by Gasteiger charge is 2.33. The molecule has 134 valence electrons. The van der Waals surface area contributed by atoms with Crippen molar-refractivity contribution in [3.8, 4) is 5.75 Å². The highest BCUT2D eigenvalue weighted by Crippen LogP contribution is 2.30. The molecule has 1 aliphatic carbocycles. The number of carbonyl (C=O) groups is 2. The number of hydrogen-bond donors (Lipinski definition) is 2. The van der Waals surface area contributed by atoms with Gasteiger partial charge >= 0.3 is 12.0 Å². The second kappa shape index (κ2) is 7.59. The Morgan fingerprint density at radius 3 is 2.52 bits per heavy atom. The molecular formula is C19H24N2O4. The van der Waals surface area contributed by atoms with E-state index in [2.05, 4.69) is 10.6 Å². The van der Waals surface area contributed by atoms with Crippen molar-refractivity contribution in [3.63, 3.8) is 0 Å². The van der Waals surface area contributed by atoms with Crippen LogP contribution in [0.25, 0.3) is 0 Å². The minimum Gasteiger partial charge on any atom is -0.494 e. The summed E-state index contributed by atoms with van der Waals surface area (Å²) in [6, 6.07) is 6.53. The molecule has 1 atom stereocenters. The van der Waals surface area contributed by atoms with Crippen LogP contribution in [0.5, 0.6) is 5.75 Å². The molecule has 0 radical (unpaired) electrons. The average Bonchev–Trinajstić information content (AvgIpc) is 3.08. The number of amides is 2. The zero-order valence-electron chi connectivity index (χ0n) is 14.6. The van der Waals surface area contributed by atoms with E-state index in [1.807, 2.05) is 31.2 Å². The maximum Gasteiger partial charge on any atom is 0.338 e. The zero-order valence-corrected chi connectivity index (χ0v) is 14.6. The molecule has 2 aliphatic rings. The normalized spacial score (nSPS) is 20.9. The predicted molar refractivity (Wildman–Crippen MR) is 93.1 cm³/mol. The lowest BCUT2D eigenvalue weighted by molar-refractivity contribution is -0.144. The molecule has 6 nitrogen and oxygen atoms in total. The fourth-order valence-electron chi connectivity index (χ4n) is 3.36. The molecule has 0 aromatic heterocycles. The van der Waals surface area contributed by atoms with E-state index >= 15 is 0 Å². The topological polar surface area (TPSA) is 76.7 Å². The molecule has 1 aromatic rings. The molecule has 1 saturated carbocycles. The van der Waals surface area contributed by atoms with Gasteiger partial charge in [-0.15, -0.1) is 0 Å². The van der Waals surface area contributed by atoms with E-state index in [1.54, 1.807) is 6.92 Å². The van der Waals surface area contributed by atoms with Crippen LogP contribution in [0, 0.1) is 0 Å². The first-order chi connectivity index (χ1) is 12.1. The minimum atomic E-state index is -0.529. The van der Waals surface area contributed by atoms with Crippen LogP contribution in [-0.4, -0.2) is 24.7 Å². The number of urea groups is 1. The van der Waals surface area contributed by atoms with Crippen LogP contribution in [0.2, 0.25) is 0 Å². The van der Waals surface area contributed by atoms with Gasteiger partial charge in [-0.1, -0.05) is 12.1 Å². The lowest BCUT2D eigenvalue weighted by Crippen LogP contribution is -2.45.